The maximum atomic E-state index is 12.9. The first-order valence-corrected chi connectivity index (χ1v) is 10.5. The Labute approximate surface area is 165 Å². The molecule has 0 bridgehead atoms. The van der Waals surface area contributed by atoms with Crippen LogP contribution < -0.4 is 10.5 Å². The van der Waals surface area contributed by atoms with Crippen LogP contribution in [0.4, 0.5) is 4.79 Å². The van der Waals surface area contributed by atoms with Crippen molar-refractivity contribution in [1.82, 2.24) is 4.72 Å². The molecule has 2 amide bonds. The lowest BCUT2D eigenvalue weighted by atomic mass is 10.1. The number of carbonyl (C=O) groups excluding carboxylic acids is 3. The quantitative estimate of drug-likeness (QED) is 0.467. The van der Waals surface area contributed by atoms with Crippen LogP contribution in [0.25, 0.3) is 0 Å². The second-order valence-corrected chi connectivity index (χ2v) is 8.24. The largest absolute Gasteiger partial charge is 0.466 e. The normalized spacial score (nSPS) is 14.9. The summed E-state index contributed by atoms with van der Waals surface area (Å²) in [7, 11) is -3.45. The average molecular weight is 413 g/mol. The number of benzene rings is 1. The molecule has 0 saturated carbocycles. The van der Waals surface area contributed by atoms with E-state index in [9.17, 15) is 18.6 Å². The molecule has 0 spiro atoms. The third-order valence-corrected chi connectivity index (χ3v) is 5.47. The molecule has 0 heterocycles. The minimum absolute atomic E-state index is 0.179. The Morgan fingerprint density at radius 1 is 1.21 bits per heavy atom. The molecule has 0 aliphatic carbocycles. The van der Waals surface area contributed by atoms with Gasteiger partial charge in [-0.2, -0.15) is 0 Å². The molecule has 0 saturated heterocycles. The van der Waals surface area contributed by atoms with Gasteiger partial charge in [0.25, 0.3) is 0 Å². The molecule has 28 heavy (non-hydrogen) atoms. The van der Waals surface area contributed by atoms with Crippen LogP contribution in [0.15, 0.2) is 34.7 Å². The SMILES string of the molecule is CC(=O)NS(=O)(C[C@@H](N)CCCOC(C)=O)=NC(=O)O[C@@H](C)c1ccccc1. The summed E-state index contributed by atoms with van der Waals surface area (Å²) in [6.07, 6.45) is -0.834. The highest BCUT2D eigenvalue weighted by Gasteiger charge is 2.20. The van der Waals surface area contributed by atoms with E-state index < -0.39 is 40.0 Å². The van der Waals surface area contributed by atoms with Crippen molar-refractivity contribution in [3.8, 4) is 0 Å². The number of nitrogens with two attached hydrogens (primary N) is 1. The number of nitrogens with zero attached hydrogens (tertiary/aromatic N) is 1. The van der Waals surface area contributed by atoms with Crippen molar-refractivity contribution >= 4 is 27.9 Å². The zero-order chi connectivity index (χ0) is 21.2. The maximum absolute atomic E-state index is 12.9. The van der Waals surface area contributed by atoms with Gasteiger partial charge < -0.3 is 15.2 Å². The summed E-state index contributed by atoms with van der Waals surface area (Å²) >= 11 is 0. The first kappa shape index (κ1) is 23.6. The van der Waals surface area contributed by atoms with Gasteiger partial charge in [-0.3, -0.25) is 14.3 Å². The zero-order valence-electron chi connectivity index (χ0n) is 16.3. The van der Waals surface area contributed by atoms with Crippen molar-refractivity contribution in [2.75, 3.05) is 12.4 Å². The predicted molar refractivity (Wildman–Crippen MR) is 104 cm³/mol. The molecule has 1 aromatic rings. The second-order valence-electron chi connectivity index (χ2n) is 6.24. The molecular weight excluding hydrogens is 386 g/mol. The Kier molecular flexibility index (Phi) is 9.60. The fourth-order valence-corrected chi connectivity index (χ4v) is 4.03. The van der Waals surface area contributed by atoms with E-state index in [0.29, 0.717) is 12.8 Å². The van der Waals surface area contributed by atoms with Gasteiger partial charge in [0, 0.05) is 19.9 Å². The van der Waals surface area contributed by atoms with E-state index in [-0.39, 0.29) is 12.4 Å². The van der Waals surface area contributed by atoms with Crippen LogP contribution in [0.1, 0.15) is 45.3 Å². The Morgan fingerprint density at radius 2 is 1.86 bits per heavy atom. The molecule has 0 aromatic heterocycles. The van der Waals surface area contributed by atoms with Crippen molar-refractivity contribution in [3.63, 3.8) is 0 Å². The fourth-order valence-electron chi connectivity index (χ4n) is 2.35. The molecule has 0 fully saturated rings. The molecule has 0 aliphatic heterocycles. The van der Waals surface area contributed by atoms with E-state index >= 15 is 0 Å². The lowest BCUT2D eigenvalue weighted by Crippen LogP contribution is -2.39. The Balaban J connectivity index is 2.77. The molecule has 1 aromatic carbocycles. The first-order valence-electron chi connectivity index (χ1n) is 8.79. The number of nitrogens with one attached hydrogen (secondary N) is 1. The average Bonchev–Trinajstić information content (AvgIpc) is 2.58. The van der Waals surface area contributed by atoms with Crippen LogP contribution in [-0.2, 0) is 29.0 Å². The molecule has 10 heteroatoms. The lowest BCUT2D eigenvalue weighted by molar-refractivity contribution is -0.141. The molecule has 156 valence electrons. The van der Waals surface area contributed by atoms with Crippen LogP contribution in [-0.4, -0.2) is 40.6 Å². The van der Waals surface area contributed by atoms with Crippen molar-refractivity contribution in [2.24, 2.45) is 10.1 Å². The van der Waals surface area contributed by atoms with Gasteiger partial charge in [0.05, 0.1) is 12.4 Å². The van der Waals surface area contributed by atoms with E-state index in [1.807, 2.05) is 6.07 Å². The molecule has 3 atom stereocenters. The fraction of sp³-hybridized carbons (Fsp3) is 0.500. The monoisotopic (exact) mass is 413 g/mol. The van der Waals surface area contributed by atoms with E-state index in [1.165, 1.54) is 13.8 Å². The Hall–Kier alpha value is -2.46. The summed E-state index contributed by atoms with van der Waals surface area (Å²) in [5.74, 6) is -1.24. The summed E-state index contributed by atoms with van der Waals surface area (Å²) in [5, 5.41) is 0. The van der Waals surface area contributed by atoms with Crippen LogP contribution in [0, 0.1) is 0 Å². The molecule has 0 radical (unpaired) electrons. The lowest BCUT2D eigenvalue weighted by Gasteiger charge is -2.17. The number of esters is 1. The van der Waals surface area contributed by atoms with E-state index in [2.05, 4.69) is 9.08 Å². The smallest absolute Gasteiger partial charge is 0.443 e. The number of ether oxygens (including phenoxy) is 2. The minimum atomic E-state index is -3.45. The van der Waals surface area contributed by atoms with E-state index in [1.54, 1.807) is 31.2 Å². The van der Waals surface area contributed by atoms with Gasteiger partial charge in [0.2, 0.25) is 5.91 Å². The molecule has 9 nitrogen and oxygen atoms in total. The number of carbonyl (C=O) groups is 3. The molecule has 3 N–H and O–H groups in total. The molecule has 0 aliphatic rings. The van der Waals surface area contributed by atoms with Gasteiger partial charge in [-0.05, 0) is 25.3 Å². The highest BCUT2D eigenvalue weighted by molar-refractivity contribution is 7.92. The first-order chi connectivity index (χ1) is 13.1. The van der Waals surface area contributed by atoms with Crippen LogP contribution >= 0.6 is 0 Å². The molecule has 1 rings (SSSR count). The van der Waals surface area contributed by atoms with Crippen molar-refractivity contribution < 1.29 is 28.1 Å². The third-order valence-electron chi connectivity index (χ3n) is 3.54. The van der Waals surface area contributed by atoms with Crippen molar-refractivity contribution in [3.05, 3.63) is 35.9 Å². The van der Waals surface area contributed by atoms with Gasteiger partial charge in [-0.1, -0.05) is 30.3 Å². The predicted octanol–water partition coefficient (Wildman–Crippen LogP) is 2.07. The summed E-state index contributed by atoms with van der Waals surface area (Å²) in [5.41, 5.74) is 6.69. The maximum Gasteiger partial charge on any atom is 0.443 e. The Morgan fingerprint density at radius 3 is 2.43 bits per heavy atom. The van der Waals surface area contributed by atoms with Crippen molar-refractivity contribution in [2.45, 2.75) is 45.8 Å². The number of rotatable bonds is 9. The number of hydrogen-bond acceptors (Lipinski definition) is 7. The van der Waals surface area contributed by atoms with E-state index in [0.717, 1.165) is 5.56 Å². The van der Waals surface area contributed by atoms with Gasteiger partial charge >= 0.3 is 12.1 Å². The zero-order valence-corrected chi connectivity index (χ0v) is 17.1. The molecular formula is C18H27N3O6S. The number of amides is 2. The third kappa shape index (κ3) is 9.47. The van der Waals surface area contributed by atoms with Crippen molar-refractivity contribution in [1.29, 1.82) is 0 Å². The highest BCUT2D eigenvalue weighted by atomic mass is 32.2. The summed E-state index contributed by atoms with van der Waals surface area (Å²) < 4.78 is 28.7. The standard InChI is InChI=1S/C18H27N3O6S/c1-13(16-8-5-4-6-9-16)27-18(24)21-28(25,20-14(2)22)12-17(19)10-7-11-26-15(3)23/h4-6,8-9,13,17H,7,10-12,19H2,1-3H3,(H,20,21,22,24,25)/t13-,17-,28?/m0/s1. The summed E-state index contributed by atoms with van der Waals surface area (Å²) in [4.78, 5) is 34.3. The van der Waals surface area contributed by atoms with Crippen LogP contribution in [0.3, 0.4) is 0 Å². The van der Waals surface area contributed by atoms with Gasteiger partial charge in [0.15, 0.2) is 0 Å². The van der Waals surface area contributed by atoms with Crippen LogP contribution in [0.5, 0.6) is 0 Å². The van der Waals surface area contributed by atoms with E-state index in [4.69, 9.17) is 15.2 Å². The second kappa shape index (κ2) is 11.4. The summed E-state index contributed by atoms with van der Waals surface area (Å²) in [6, 6.07) is 8.36. The highest BCUT2D eigenvalue weighted by Crippen LogP contribution is 2.17. The Bertz CT molecular complexity index is 790. The topological polar surface area (TPSA) is 137 Å². The van der Waals surface area contributed by atoms with Crippen LogP contribution in [0.2, 0.25) is 0 Å². The molecule has 1 unspecified atom stereocenters. The number of hydrogen-bond donors (Lipinski definition) is 2. The van der Waals surface area contributed by atoms with Gasteiger partial charge in [-0.15, -0.1) is 4.36 Å². The van der Waals surface area contributed by atoms with Gasteiger partial charge in [0.1, 0.15) is 16.0 Å². The van der Waals surface area contributed by atoms with Gasteiger partial charge in [-0.25, -0.2) is 9.00 Å². The summed E-state index contributed by atoms with van der Waals surface area (Å²) in [6.45, 7) is 4.30. The minimum Gasteiger partial charge on any atom is -0.466 e.